The monoisotopic (exact) mass is 641 g/mol. The van der Waals surface area contributed by atoms with Gasteiger partial charge in [0.05, 0.1) is 17.1 Å². The summed E-state index contributed by atoms with van der Waals surface area (Å²) in [7, 11) is -7.45. The van der Waals surface area contributed by atoms with E-state index >= 15 is 0 Å². The van der Waals surface area contributed by atoms with Crippen LogP contribution in [0, 0.1) is 6.92 Å². The number of benzene rings is 4. The van der Waals surface area contributed by atoms with Crippen molar-refractivity contribution in [2.45, 2.75) is 62.6 Å². The van der Waals surface area contributed by atoms with Crippen LogP contribution in [0.1, 0.15) is 49.5 Å². The van der Waals surface area contributed by atoms with Crippen molar-refractivity contribution in [3.8, 4) is 0 Å². The highest BCUT2D eigenvalue weighted by Crippen LogP contribution is 2.38. The summed E-state index contributed by atoms with van der Waals surface area (Å²) in [5.74, 6) is -1.14. The van der Waals surface area contributed by atoms with Crippen molar-refractivity contribution in [2.24, 2.45) is 0 Å². The van der Waals surface area contributed by atoms with E-state index in [4.69, 9.17) is 9.16 Å². The Kier molecular flexibility index (Phi) is 9.43. The van der Waals surface area contributed by atoms with Crippen molar-refractivity contribution in [2.75, 3.05) is 6.61 Å². The average molecular weight is 642 g/mol. The lowest BCUT2D eigenvalue weighted by molar-refractivity contribution is -0.135. The van der Waals surface area contributed by atoms with Crippen LogP contribution in [0.4, 0.5) is 0 Å². The lowest BCUT2D eigenvalue weighted by atomic mass is 10.0. The molecule has 5 rings (SSSR count). The summed E-state index contributed by atoms with van der Waals surface area (Å²) in [5, 5.41) is 1.62. The van der Waals surface area contributed by atoms with Crippen molar-refractivity contribution in [3.63, 3.8) is 0 Å². The summed E-state index contributed by atoms with van der Waals surface area (Å²) >= 11 is 0. The molecule has 0 spiro atoms. The third kappa shape index (κ3) is 6.52. The number of carbonyl (C=O) groups is 2. The summed E-state index contributed by atoms with van der Waals surface area (Å²) < 4.78 is 42.5. The summed E-state index contributed by atoms with van der Waals surface area (Å²) in [6.07, 6.45) is -0.839. The second kappa shape index (κ2) is 13.1. The molecule has 0 unspecified atom stereocenters. The minimum absolute atomic E-state index is 0.00747. The summed E-state index contributed by atoms with van der Waals surface area (Å²) in [4.78, 5) is 26.9. The Morgan fingerprint density at radius 1 is 0.822 bits per heavy atom. The van der Waals surface area contributed by atoms with Gasteiger partial charge in [-0.25, -0.2) is 17.5 Å². The largest absolute Gasteiger partial charge is 0.456 e. The van der Waals surface area contributed by atoms with Crippen LogP contribution in [0.25, 0.3) is 0 Å². The van der Waals surface area contributed by atoms with E-state index in [-0.39, 0.29) is 24.3 Å². The van der Waals surface area contributed by atoms with Crippen LogP contribution < -0.4 is 10.4 Å². The zero-order valence-corrected chi connectivity index (χ0v) is 27.9. The maximum atomic E-state index is 14.2. The molecule has 45 heavy (non-hydrogen) atoms. The maximum Gasteiger partial charge on any atom is 0.338 e. The Labute approximate surface area is 267 Å². The molecular formula is C36H39NO6SSi. The molecule has 1 aliphatic rings. The third-order valence-corrected chi connectivity index (χ3v) is 15.2. The first kappa shape index (κ1) is 32.3. The standard InChI is InChI=1S/C36H39NO6SSi/c1-27-20-22-29(23-21-27)44(40,41)37-32(33(24-25-34(37)38)43-35(39)28-14-8-5-9-15-28)26-42-45(36(2,3)4,30-16-10-6-11-17-30)31-18-12-7-13-19-31/h5-23,32-33H,24-26H2,1-4H3/t32-,33+/m0/s1. The van der Waals surface area contributed by atoms with E-state index in [2.05, 4.69) is 20.8 Å². The molecule has 0 aromatic heterocycles. The highest BCUT2D eigenvalue weighted by atomic mass is 32.2. The molecule has 234 valence electrons. The van der Waals surface area contributed by atoms with Gasteiger partial charge in [0.15, 0.2) is 0 Å². The van der Waals surface area contributed by atoms with Gasteiger partial charge in [0.25, 0.3) is 18.3 Å². The smallest absolute Gasteiger partial charge is 0.338 e. The predicted octanol–water partition coefficient (Wildman–Crippen LogP) is 5.48. The number of aryl methyl sites for hydroxylation is 1. The molecule has 7 nitrogen and oxygen atoms in total. The van der Waals surface area contributed by atoms with E-state index in [1.165, 1.54) is 12.1 Å². The number of sulfonamides is 1. The SMILES string of the molecule is Cc1ccc(S(=O)(=O)N2C(=O)CC[C@@H](OC(=O)c3ccccc3)[C@@H]2CO[Si](c2ccccc2)(c2ccccc2)C(C)(C)C)cc1. The fourth-order valence-electron chi connectivity index (χ4n) is 6.10. The first-order valence-corrected chi connectivity index (χ1v) is 18.4. The van der Waals surface area contributed by atoms with Crippen molar-refractivity contribution < 1.29 is 27.2 Å². The summed E-state index contributed by atoms with van der Waals surface area (Å²) in [6.45, 7) is 8.08. The minimum Gasteiger partial charge on any atom is -0.456 e. The van der Waals surface area contributed by atoms with E-state index in [1.807, 2.05) is 67.6 Å². The van der Waals surface area contributed by atoms with E-state index in [0.717, 1.165) is 20.2 Å². The number of piperidine rings is 1. The molecule has 0 radical (unpaired) electrons. The van der Waals surface area contributed by atoms with Gasteiger partial charge in [-0.2, -0.15) is 0 Å². The molecule has 1 saturated heterocycles. The van der Waals surface area contributed by atoms with Crippen LogP contribution in [-0.2, 0) is 24.0 Å². The van der Waals surface area contributed by atoms with Gasteiger partial charge in [-0.05, 0) is 53.0 Å². The Morgan fingerprint density at radius 2 is 1.33 bits per heavy atom. The number of ether oxygens (including phenoxy) is 1. The third-order valence-electron chi connectivity index (χ3n) is 8.35. The van der Waals surface area contributed by atoms with Crippen LogP contribution >= 0.6 is 0 Å². The first-order chi connectivity index (χ1) is 21.4. The van der Waals surface area contributed by atoms with E-state index in [1.54, 1.807) is 42.5 Å². The minimum atomic E-state index is -4.32. The highest BCUT2D eigenvalue weighted by Gasteiger charge is 2.53. The lowest BCUT2D eigenvalue weighted by Gasteiger charge is -2.46. The topological polar surface area (TPSA) is 90.0 Å². The van der Waals surface area contributed by atoms with Crippen molar-refractivity contribution in [3.05, 3.63) is 126 Å². The normalized spacial score (nSPS) is 17.6. The van der Waals surface area contributed by atoms with E-state index < -0.39 is 47.4 Å². The molecule has 4 aromatic rings. The molecule has 0 N–H and O–H groups in total. The van der Waals surface area contributed by atoms with Crippen molar-refractivity contribution >= 4 is 40.6 Å². The van der Waals surface area contributed by atoms with Gasteiger partial charge in [-0.1, -0.05) is 117 Å². The molecular weight excluding hydrogens is 603 g/mol. The quantitative estimate of drug-likeness (QED) is 0.178. The number of carbonyl (C=O) groups excluding carboxylic acids is 2. The van der Waals surface area contributed by atoms with Crippen molar-refractivity contribution in [1.82, 2.24) is 4.31 Å². The molecule has 4 aromatic carbocycles. The number of hydrogen-bond acceptors (Lipinski definition) is 6. The van der Waals surface area contributed by atoms with Gasteiger partial charge in [0.1, 0.15) is 12.1 Å². The van der Waals surface area contributed by atoms with Crippen LogP contribution in [-0.4, -0.2) is 51.7 Å². The number of nitrogens with zero attached hydrogens (tertiary/aromatic N) is 1. The zero-order chi connectivity index (χ0) is 32.2. The van der Waals surface area contributed by atoms with Gasteiger partial charge in [-0.3, -0.25) is 4.79 Å². The Balaban J connectivity index is 1.62. The Bertz CT molecular complexity index is 1680. The van der Waals surface area contributed by atoms with Crippen LogP contribution in [0.15, 0.2) is 120 Å². The second-order valence-electron chi connectivity index (χ2n) is 12.4. The van der Waals surface area contributed by atoms with Gasteiger partial charge >= 0.3 is 5.97 Å². The van der Waals surface area contributed by atoms with E-state index in [9.17, 15) is 18.0 Å². The molecule has 0 aliphatic carbocycles. The van der Waals surface area contributed by atoms with Gasteiger partial charge < -0.3 is 9.16 Å². The van der Waals surface area contributed by atoms with Crippen LogP contribution in [0.5, 0.6) is 0 Å². The van der Waals surface area contributed by atoms with Crippen LogP contribution in [0.2, 0.25) is 5.04 Å². The number of rotatable bonds is 9. The zero-order valence-electron chi connectivity index (χ0n) is 26.1. The average Bonchev–Trinajstić information content (AvgIpc) is 3.03. The number of amides is 1. The summed E-state index contributed by atoms with van der Waals surface area (Å²) in [6, 6.07) is 33.8. The first-order valence-electron chi connectivity index (χ1n) is 15.1. The Hall–Kier alpha value is -4.05. The Morgan fingerprint density at radius 3 is 1.84 bits per heavy atom. The van der Waals surface area contributed by atoms with Crippen molar-refractivity contribution in [1.29, 1.82) is 0 Å². The predicted molar refractivity (Wildman–Crippen MR) is 177 cm³/mol. The number of hydrogen-bond donors (Lipinski definition) is 0. The van der Waals surface area contributed by atoms with Gasteiger partial charge in [0, 0.05) is 6.42 Å². The molecule has 1 aliphatic heterocycles. The number of esters is 1. The fourth-order valence-corrected chi connectivity index (χ4v) is 12.3. The lowest BCUT2D eigenvalue weighted by Crippen LogP contribution is -2.68. The second-order valence-corrected chi connectivity index (χ2v) is 18.5. The maximum absolute atomic E-state index is 14.2. The molecule has 0 bridgehead atoms. The molecule has 9 heteroatoms. The van der Waals surface area contributed by atoms with Gasteiger partial charge in [-0.15, -0.1) is 0 Å². The van der Waals surface area contributed by atoms with Crippen LogP contribution in [0.3, 0.4) is 0 Å². The summed E-state index contributed by atoms with van der Waals surface area (Å²) in [5.41, 5.74) is 1.23. The van der Waals surface area contributed by atoms with Gasteiger partial charge in [0.2, 0.25) is 5.91 Å². The molecule has 1 amide bonds. The molecule has 1 heterocycles. The highest BCUT2D eigenvalue weighted by molar-refractivity contribution is 7.89. The fraction of sp³-hybridized carbons (Fsp3) is 0.278. The molecule has 2 atom stereocenters. The van der Waals surface area contributed by atoms with E-state index in [0.29, 0.717) is 5.56 Å². The molecule has 1 fully saturated rings. The molecule has 0 saturated carbocycles.